The van der Waals surface area contributed by atoms with Crippen molar-refractivity contribution in [2.45, 2.75) is 6.92 Å². The molecule has 0 fully saturated rings. The molecule has 0 saturated heterocycles. The average Bonchev–Trinajstić information content (AvgIpc) is 2.36. The van der Waals surface area contributed by atoms with Crippen molar-refractivity contribution in [3.05, 3.63) is 30.3 Å². The molecule has 0 atom stereocenters. The highest BCUT2D eigenvalue weighted by molar-refractivity contribution is 5.93. The Morgan fingerprint density at radius 2 is 1.83 bits per heavy atom. The van der Waals surface area contributed by atoms with Gasteiger partial charge in [-0.15, -0.1) is 0 Å². The molecule has 1 N–H and O–H groups in total. The molecule has 0 spiro atoms. The second-order valence-electron chi connectivity index (χ2n) is 3.68. The summed E-state index contributed by atoms with van der Waals surface area (Å²) in [4.78, 5) is 24.7. The van der Waals surface area contributed by atoms with Crippen molar-refractivity contribution < 1.29 is 14.3 Å². The smallest absolute Gasteiger partial charge is 0.426 e. The van der Waals surface area contributed by atoms with Crippen LogP contribution in [0.3, 0.4) is 0 Å². The van der Waals surface area contributed by atoms with Crippen LogP contribution < -0.4 is 10.4 Å². The number of benzene rings is 1. The lowest BCUT2D eigenvalue weighted by Crippen LogP contribution is -2.50. The molecule has 6 nitrogen and oxygen atoms in total. The fourth-order valence-electron chi connectivity index (χ4n) is 1.25. The van der Waals surface area contributed by atoms with Crippen LogP contribution in [-0.2, 0) is 4.74 Å². The van der Waals surface area contributed by atoms with Gasteiger partial charge in [0.25, 0.3) is 0 Å². The predicted octanol–water partition coefficient (Wildman–Crippen LogP) is 1.84. The second kappa shape index (κ2) is 6.48. The van der Waals surface area contributed by atoms with Crippen molar-refractivity contribution in [3.8, 4) is 0 Å². The lowest BCUT2D eigenvalue weighted by Gasteiger charge is -2.25. The molecule has 0 aliphatic carbocycles. The van der Waals surface area contributed by atoms with E-state index in [1.165, 1.54) is 4.90 Å². The molecular weight excluding hydrogens is 234 g/mol. The van der Waals surface area contributed by atoms with Gasteiger partial charge in [-0.3, -0.25) is 0 Å². The van der Waals surface area contributed by atoms with Gasteiger partial charge in [-0.05, 0) is 19.1 Å². The Morgan fingerprint density at radius 1 is 1.22 bits per heavy atom. The number of nitrogens with one attached hydrogen (secondary N) is 1. The molecule has 0 aromatic heterocycles. The standard InChI is InChI=1S/C12H17N3O3/c1-4-18-11(16)13-15(12(17)14(2)3)10-8-6-5-7-9-10/h5-9H,4H2,1-3H3,(H,13,16). The Hall–Kier alpha value is -2.24. The monoisotopic (exact) mass is 251 g/mol. The number of para-hydroxylation sites is 1. The van der Waals surface area contributed by atoms with Crippen LogP contribution in [0.15, 0.2) is 30.3 Å². The maximum atomic E-state index is 12.0. The van der Waals surface area contributed by atoms with Crippen molar-refractivity contribution in [1.82, 2.24) is 10.3 Å². The van der Waals surface area contributed by atoms with Crippen LogP contribution >= 0.6 is 0 Å². The molecule has 0 saturated carbocycles. The first-order valence-corrected chi connectivity index (χ1v) is 5.56. The molecule has 98 valence electrons. The average molecular weight is 251 g/mol. The molecule has 0 radical (unpaired) electrons. The van der Waals surface area contributed by atoms with Crippen molar-refractivity contribution in [3.63, 3.8) is 0 Å². The summed E-state index contributed by atoms with van der Waals surface area (Å²) in [7, 11) is 3.20. The third-order valence-electron chi connectivity index (χ3n) is 2.07. The maximum absolute atomic E-state index is 12.0. The molecule has 1 aromatic carbocycles. The van der Waals surface area contributed by atoms with E-state index in [4.69, 9.17) is 4.74 Å². The van der Waals surface area contributed by atoms with E-state index in [0.29, 0.717) is 5.69 Å². The molecule has 6 heteroatoms. The number of ether oxygens (including phenoxy) is 1. The number of carbonyl (C=O) groups excluding carboxylic acids is 2. The summed E-state index contributed by atoms with van der Waals surface area (Å²) in [5.41, 5.74) is 2.96. The van der Waals surface area contributed by atoms with Gasteiger partial charge < -0.3 is 9.64 Å². The van der Waals surface area contributed by atoms with E-state index in [1.54, 1.807) is 45.3 Å². The van der Waals surface area contributed by atoms with Crippen molar-refractivity contribution >= 4 is 17.8 Å². The Bertz CT molecular complexity index is 406. The van der Waals surface area contributed by atoms with E-state index < -0.39 is 6.09 Å². The quantitative estimate of drug-likeness (QED) is 0.816. The minimum Gasteiger partial charge on any atom is -0.449 e. The van der Waals surface area contributed by atoms with Gasteiger partial charge in [0, 0.05) is 14.1 Å². The lowest BCUT2D eigenvalue weighted by atomic mass is 10.3. The Kier molecular flexibility index (Phi) is 4.98. The number of rotatable bonds is 2. The van der Waals surface area contributed by atoms with Crippen LogP contribution in [0, 0.1) is 0 Å². The Morgan fingerprint density at radius 3 is 2.33 bits per heavy atom. The molecule has 1 aromatic rings. The van der Waals surface area contributed by atoms with Crippen LogP contribution in [0.4, 0.5) is 15.3 Å². The van der Waals surface area contributed by atoms with E-state index in [2.05, 4.69) is 5.43 Å². The number of amides is 3. The van der Waals surface area contributed by atoms with Crippen LogP contribution in [0.1, 0.15) is 6.92 Å². The third-order valence-corrected chi connectivity index (χ3v) is 2.07. The van der Waals surface area contributed by atoms with Gasteiger partial charge in [0.1, 0.15) is 0 Å². The largest absolute Gasteiger partial charge is 0.449 e. The summed E-state index contributed by atoms with van der Waals surface area (Å²) < 4.78 is 4.76. The lowest BCUT2D eigenvalue weighted by molar-refractivity contribution is 0.150. The van der Waals surface area contributed by atoms with E-state index in [0.717, 1.165) is 5.01 Å². The normalized spacial score (nSPS) is 9.50. The van der Waals surface area contributed by atoms with Crippen molar-refractivity contribution in [2.75, 3.05) is 25.7 Å². The number of nitrogens with zero attached hydrogens (tertiary/aromatic N) is 2. The first-order chi connectivity index (χ1) is 8.56. The molecule has 1 rings (SSSR count). The van der Waals surface area contributed by atoms with E-state index in [1.807, 2.05) is 6.07 Å². The SMILES string of the molecule is CCOC(=O)NN(C(=O)N(C)C)c1ccccc1. The zero-order valence-corrected chi connectivity index (χ0v) is 10.7. The summed E-state index contributed by atoms with van der Waals surface area (Å²) in [6.45, 7) is 1.94. The molecule has 18 heavy (non-hydrogen) atoms. The minimum atomic E-state index is -0.670. The topological polar surface area (TPSA) is 61.9 Å². The summed E-state index contributed by atoms with van der Waals surface area (Å²) in [5.74, 6) is 0. The highest BCUT2D eigenvalue weighted by atomic mass is 16.6. The first-order valence-electron chi connectivity index (χ1n) is 5.56. The maximum Gasteiger partial charge on any atom is 0.426 e. The number of hydrazine groups is 1. The van der Waals surface area contributed by atoms with E-state index in [-0.39, 0.29) is 12.6 Å². The van der Waals surface area contributed by atoms with Gasteiger partial charge >= 0.3 is 12.1 Å². The molecular formula is C12H17N3O3. The van der Waals surface area contributed by atoms with Crippen LogP contribution in [-0.4, -0.2) is 37.7 Å². The predicted molar refractivity (Wildman–Crippen MR) is 68.2 cm³/mol. The molecule has 0 heterocycles. The third kappa shape index (κ3) is 3.65. The van der Waals surface area contributed by atoms with Gasteiger partial charge in [-0.1, -0.05) is 18.2 Å². The fraction of sp³-hybridized carbons (Fsp3) is 0.333. The molecule has 0 aliphatic heterocycles. The van der Waals surface area contributed by atoms with Crippen LogP contribution in [0.2, 0.25) is 0 Å². The van der Waals surface area contributed by atoms with Gasteiger partial charge in [0.2, 0.25) is 0 Å². The first kappa shape index (κ1) is 13.8. The van der Waals surface area contributed by atoms with Gasteiger partial charge in [0.05, 0.1) is 12.3 Å². The van der Waals surface area contributed by atoms with E-state index in [9.17, 15) is 9.59 Å². The summed E-state index contributed by atoms with van der Waals surface area (Å²) >= 11 is 0. The molecule has 0 unspecified atom stereocenters. The number of urea groups is 1. The highest BCUT2D eigenvalue weighted by Crippen LogP contribution is 2.12. The Labute approximate surface area is 106 Å². The highest BCUT2D eigenvalue weighted by Gasteiger charge is 2.20. The van der Waals surface area contributed by atoms with E-state index >= 15 is 0 Å². The van der Waals surface area contributed by atoms with Crippen molar-refractivity contribution in [2.24, 2.45) is 0 Å². The molecule has 3 amide bonds. The molecule has 0 bridgehead atoms. The van der Waals surface area contributed by atoms with Gasteiger partial charge in [-0.25, -0.2) is 20.0 Å². The minimum absolute atomic E-state index is 0.241. The zero-order chi connectivity index (χ0) is 13.5. The second-order valence-corrected chi connectivity index (χ2v) is 3.68. The number of hydrogen-bond acceptors (Lipinski definition) is 3. The van der Waals surface area contributed by atoms with Crippen LogP contribution in [0.25, 0.3) is 0 Å². The zero-order valence-electron chi connectivity index (χ0n) is 10.7. The number of carbonyl (C=O) groups is 2. The Balaban J connectivity index is 2.89. The van der Waals surface area contributed by atoms with Crippen LogP contribution in [0.5, 0.6) is 0 Å². The molecule has 0 aliphatic rings. The summed E-state index contributed by atoms with van der Waals surface area (Å²) in [6.07, 6.45) is -0.670. The van der Waals surface area contributed by atoms with Gasteiger partial charge in [0.15, 0.2) is 0 Å². The number of anilines is 1. The van der Waals surface area contributed by atoms with Crippen molar-refractivity contribution in [1.29, 1.82) is 0 Å². The number of hydrogen-bond donors (Lipinski definition) is 1. The summed E-state index contributed by atoms with van der Waals surface area (Å²) in [6, 6.07) is 8.44. The summed E-state index contributed by atoms with van der Waals surface area (Å²) in [5, 5.41) is 1.14. The van der Waals surface area contributed by atoms with Gasteiger partial charge in [-0.2, -0.15) is 0 Å². The fourth-order valence-corrected chi connectivity index (χ4v) is 1.25.